The molecule has 2 aliphatic heterocycles. The molecule has 0 bridgehead atoms. The first kappa shape index (κ1) is 32.8. The number of hydrogen-bond donors (Lipinski definition) is 0. The summed E-state index contributed by atoms with van der Waals surface area (Å²) in [6, 6.07) is 19.8. The molecule has 4 aromatic rings. The molecule has 4 heteroatoms. The van der Waals surface area contributed by atoms with Crippen LogP contribution in [0.2, 0.25) is 0 Å². The Kier molecular flexibility index (Phi) is 6.62. The van der Waals surface area contributed by atoms with Crippen LogP contribution >= 0.6 is 0 Å². The molecular formula is C45H56BN3. The van der Waals surface area contributed by atoms with Gasteiger partial charge in [-0.1, -0.05) is 126 Å². The van der Waals surface area contributed by atoms with Crippen LogP contribution in [0.15, 0.2) is 54.9 Å². The molecule has 3 aromatic carbocycles. The van der Waals surface area contributed by atoms with Gasteiger partial charge in [0.05, 0.1) is 5.69 Å². The van der Waals surface area contributed by atoms with E-state index in [-0.39, 0.29) is 39.2 Å². The van der Waals surface area contributed by atoms with E-state index >= 15 is 0 Å². The lowest BCUT2D eigenvalue weighted by molar-refractivity contribution is 0.332. The fourth-order valence-electron chi connectivity index (χ4n) is 9.91. The van der Waals surface area contributed by atoms with Gasteiger partial charge in [-0.25, -0.2) is 9.97 Å². The lowest BCUT2D eigenvalue weighted by atomic mass is 9.30. The fraction of sp³-hybridized carbons (Fsp3) is 0.511. The Morgan fingerprint density at radius 2 is 1.14 bits per heavy atom. The number of anilines is 3. The molecule has 0 N–H and O–H groups in total. The predicted octanol–water partition coefficient (Wildman–Crippen LogP) is 9.41. The van der Waals surface area contributed by atoms with Crippen molar-refractivity contribution in [3.8, 4) is 0 Å². The minimum absolute atomic E-state index is 0.0462. The average Bonchev–Trinajstić information content (AvgIpc) is 3.02. The number of hydrogen-bond acceptors (Lipinski definition) is 3. The van der Waals surface area contributed by atoms with Crippen molar-refractivity contribution in [2.75, 3.05) is 4.90 Å². The largest absolute Gasteiger partial charge is 0.296 e. The molecule has 254 valence electrons. The van der Waals surface area contributed by atoms with Crippen molar-refractivity contribution in [2.45, 2.75) is 148 Å². The zero-order valence-electron chi connectivity index (χ0n) is 32.4. The van der Waals surface area contributed by atoms with Gasteiger partial charge in [-0.15, -0.1) is 0 Å². The SMILES string of the molecule is CC(C)(C)c1ccc2c(c1)B1c3cc4c(cc3N(c3ccc5c(c3)C(C)(C)CCC5(C)C)c3ncnc(c31)C2(C)C)C(C)(C)CCC4(C)C. The number of nitrogens with zero attached hydrogens (tertiary/aromatic N) is 3. The highest BCUT2D eigenvalue weighted by Crippen LogP contribution is 2.51. The minimum atomic E-state index is -0.254. The summed E-state index contributed by atoms with van der Waals surface area (Å²) in [7, 11) is 0. The monoisotopic (exact) mass is 649 g/mol. The van der Waals surface area contributed by atoms with E-state index in [1.54, 1.807) is 0 Å². The van der Waals surface area contributed by atoms with Gasteiger partial charge in [-0.05, 0) is 115 Å². The second-order valence-electron chi connectivity index (χ2n) is 20.1. The molecule has 49 heavy (non-hydrogen) atoms. The number of aromatic nitrogens is 2. The van der Waals surface area contributed by atoms with Crippen molar-refractivity contribution in [3.63, 3.8) is 0 Å². The smallest absolute Gasteiger partial charge is 0.251 e. The van der Waals surface area contributed by atoms with Crippen LogP contribution in [0.1, 0.15) is 155 Å². The third-order valence-corrected chi connectivity index (χ3v) is 13.5. The van der Waals surface area contributed by atoms with Crippen LogP contribution in [-0.4, -0.2) is 16.7 Å². The summed E-state index contributed by atoms with van der Waals surface area (Å²) in [5.74, 6) is 1.04. The van der Waals surface area contributed by atoms with E-state index < -0.39 is 0 Å². The Hall–Kier alpha value is -3.40. The van der Waals surface area contributed by atoms with E-state index in [0.29, 0.717) is 0 Å². The molecule has 0 atom stereocenters. The summed E-state index contributed by atoms with van der Waals surface area (Å²) in [5, 5.41) is 0. The van der Waals surface area contributed by atoms with E-state index in [1.165, 1.54) is 86.8 Å². The number of rotatable bonds is 1. The van der Waals surface area contributed by atoms with E-state index in [2.05, 4.69) is 143 Å². The Balaban J connectivity index is 1.48. The highest BCUT2D eigenvalue weighted by molar-refractivity contribution is 6.98. The maximum absolute atomic E-state index is 5.25. The maximum Gasteiger partial charge on any atom is 0.251 e. The molecule has 1 aromatic heterocycles. The Bertz CT molecular complexity index is 2050. The normalized spacial score (nSPS) is 21.6. The number of fused-ring (bicyclic) bond motifs is 6. The van der Waals surface area contributed by atoms with E-state index in [0.717, 1.165) is 11.5 Å². The van der Waals surface area contributed by atoms with Gasteiger partial charge in [-0.2, -0.15) is 0 Å². The second kappa shape index (κ2) is 9.89. The average molecular weight is 650 g/mol. The highest BCUT2D eigenvalue weighted by Gasteiger charge is 2.50. The molecule has 3 nitrogen and oxygen atoms in total. The van der Waals surface area contributed by atoms with Crippen molar-refractivity contribution in [2.24, 2.45) is 0 Å². The summed E-state index contributed by atoms with van der Waals surface area (Å²) in [5.41, 5.74) is 16.8. The van der Waals surface area contributed by atoms with Gasteiger partial charge in [0.2, 0.25) is 0 Å². The molecule has 0 saturated carbocycles. The van der Waals surface area contributed by atoms with Gasteiger partial charge < -0.3 is 0 Å². The summed E-state index contributed by atoms with van der Waals surface area (Å²) < 4.78 is 0. The molecule has 0 spiro atoms. The third-order valence-electron chi connectivity index (χ3n) is 13.5. The summed E-state index contributed by atoms with van der Waals surface area (Å²) in [6.45, 7) is 31.3. The van der Waals surface area contributed by atoms with Gasteiger partial charge in [0.25, 0.3) is 6.71 Å². The summed E-state index contributed by atoms with van der Waals surface area (Å²) in [6.07, 6.45) is 6.61. The van der Waals surface area contributed by atoms with Crippen molar-refractivity contribution in [1.29, 1.82) is 0 Å². The predicted molar refractivity (Wildman–Crippen MR) is 209 cm³/mol. The summed E-state index contributed by atoms with van der Waals surface area (Å²) in [4.78, 5) is 12.9. The minimum Gasteiger partial charge on any atom is -0.296 e. The van der Waals surface area contributed by atoms with Gasteiger partial charge >= 0.3 is 0 Å². The first-order chi connectivity index (χ1) is 22.7. The lowest BCUT2D eigenvalue weighted by Gasteiger charge is -2.47. The Morgan fingerprint density at radius 3 is 1.76 bits per heavy atom. The first-order valence-corrected chi connectivity index (χ1v) is 18.8. The lowest BCUT2D eigenvalue weighted by Crippen LogP contribution is -2.65. The summed E-state index contributed by atoms with van der Waals surface area (Å²) >= 11 is 0. The molecule has 8 rings (SSSR count). The van der Waals surface area contributed by atoms with Crippen LogP contribution in [0, 0.1) is 0 Å². The Morgan fingerprint density at radius 1 is 0.592 bits per heavy atom. The molecule has 3 heterocycles. The third kappa shape index (κ3) is 4.60. The van der Waals surface area contributed by atoms with Crippen molar-refractivity contribution >= 4 is 40.3 Å². The molecule has 0 fully saturated rings. The topological polar surface area (TPSA) is 29.0 Å². The van der Waals surface area contributed by atoms with Crippen LogP contribution in [-0.2, 0) is 32.5 Å². The van der Waals surface area contributed by atoms with E-state index in [9.17, 15) is 0 Å². The highest BCUT2D eigenvalue weighted by atomic mass is 15.2. The van der Waals surface area contributed by atoms with Crippen molar-refractivity contribution < 1.29 is 0 Å². The van der Waals surface area contributed by atoms with Gasteiger partial charge in [0.15, 0.2) is 0 Å². The molecule has 4 aliphatic rings. The fourth-order valence-corrected chi connectivity index (χ4v) is 9.91. The Labute approximate surface area is 296 Å². The molecule has 0 amide bonds. The second-order valence-corrected chi connectivity index (χ2v) is 20.1. The van der Waals surface area contributed by atoms with E-state index in [4.69, 9.17) is 9.97 Å². The first-order valence-electron chi connectivity index (χ1n) is 18.8. The number of benzene rings is 3. The van der Waals surface area contributed by atoms with Crippen LogP contribution in [0.3, 0.4) is 0 Å². The van der Waals surface area contributed by atoms with Crippen LogP contribution < -0.4 is 21.3 Å². The molecule has 0 saturated heterocycles. The van der Waals surface area contributed by atoms with Gasteiger partial charge in [0, 0.05) is 16.8 Å². The van der Waals surface area contributed by atoms with Crippen LogP contribution in [0.25, 0.3) is 0 Å². The molecule has 2 aliphatic carbocycles. The zero-order valence-corrected chi connectivity index (χ0v) is 32.4. The van der Waals surface area contributed by atoms with Gasteiger partial charge in [0.1, 0.15) is 12.1 Å². The molecular weight excluding hydrogens is 593 g/mol. The van der Waals surface area contributed by atoms with Crippen molar-refractivity contribution in [1.82, 2.24) is 9.97 Å². The van der Waals surface area contributed by atoms with Crippen molar-refractivity contribution in [3.05, 3.63) is 93.9 Å². The van der Waals surface area contributed by atoms with Crippen LogP contribution in [0.4, 0.5) is 17.2 Å². The molecule has 0 unspecified atom stereocenters. The standard InChI is InChI=1S/C45H56BN3/c1-40(2,3)27-14-16-30-34(22-27)46-35-24-32-33(44(10,11)21-20-43(32,8)9)25-36(35)49(39-37(46)38(45(30,12)13)47-26-48-39)28-15-17-29-31(23-28)42(6,7)19-18-41(29,4)5/h14-17,22-26H,18-21H2,1-13H3. The van der Waals surface area contributed by atoms with E-state index in [1.807, 2.05) is 6.33 Å². The maximum atomic E-state index is 5.25. The molecule has 0 radical (unpaired) electrons. The quantitative estimate of drug-likeness (QED) is 0.170. The van der Waals surface area contributed by atoms with Gasteiger partial charge in [-0.3, -0.25) is 4.90 Å². The zero-order chi connectivity index (χ0) is 35.3. The van der Waals surface area contributed by atoms with Crippen LogP contribution in [0.5, 0.6) is 0 Å².